The SMILES string of the molecule is Cc1ccoc1C1=Cc2c(cccc2-c2ccc(-c3ccccc3)cc2)C1. The van der Waals surface area contributed by atoms with Crippen LogP contribution in [0.1, 0.15) is 22.5 Å². The van der Waals surface area contributed by atoms with Gasteiger partial charge in [-0.2, -0.15) is 0 Å². The van der Waals surface area contributed by atoms with Gasteiger partial charge in [-0.1, -0.05) is 72.8 Å². The monoisotopic (exact) mass is 348 g/mol. The summed E-state index contributed by atoms with van der Waals surface area (Å²) in [6, 6.07) is 28.0. The van der Waals surface area contributed by atoms with Crippen LogP contribution in [0.15, 0.2) is 89.5 Å². The van der Waals surface area contributed by atoms with E-state index in [4.69, 9.17) is 4.42 Å². The fourth-order valence-corrected chi connectivity index (χ4v) is 3.94. The predicted molar refractivity (Wildman–Crippen MR) is 112 cm³/mol. The molecule has 0 atom stereocenters. The molecule has 0 saturated heterocycles. The molecule has 1 heteroatoms. The standard InChI is InChI=1S/C26H20O/c1-18-14-15-27-26(18)23-16-22-8-5-9-24(25(22)17-23)21-12-10-20(11-13-21)19-6-3-2-4-7-19/h2-15,17H,16H2,1H3. The van der Waals surface area contributed by atoms with Crippen molar-refractivity contribution in [2.24, 2.45) is 0 Å². The Kier molecular flexibility index (Phi) is 3.79. The van der Waals surface area contributed by atoms with Crippen LogP contribution in [-0.4, -0.2) is 0 Å². The number of hydrogen-bond acceptors (Lipinski definition) is 1. The number of fused-ring (bicyclic) bond motifs is 1. The molecule has 1 aliphatic rings. The van der Waals surface area contributed by atoms with E-state index in [2.05, 4.69) is 85.8 Å². The summed E-state index contributed by atoms with van der Waals surface area (Å²) >= 11 is 0. The third-order valence-electron chi connectivity index (χ3n) is 5.35. The van der Waals surface area contributed by atoms with E-state index in [1.807, 2.05) is 6.07 Å². The zero-order valence-electron chi connectivity index (χ0n) is 15.3. The fourth-order valence-electron chi connectivity index (χ4n) is 3.94. The molecule has 4 aromatic rings. The third kappa shape index (κ3) is 2.82. The Bertz CT molecular complexity index is 1130. The van der Waals surface area contributed by atoms with E-state index in [1.54, 1.807) is 6.26 Å². The maximum Gasteiger partial charge on any atom is 0.133 e. The topological polar surface area (TPSA) is 13.1 Å². The molecule has 5 rings (SSSR count). The van der Waals surface area contributed by atoms with E-state index >= 15 is 0 Å². The maximum atomic E-state index is 5.72. The first-order valence-corrected chi connectivity index (χ1v) is 9.32. The first-order valence-electron chi connectivity index (χ1n) is 9.32. The Morgan fingerprint density at radius 1 is 0.704 bits per heavy atom. The number of aryl methyl sites for hydroxylation is 1. The summed E-state index contributed by atoms with van der Waals surface area (Å²) in [6.07, 6.45) is 5.00. The Labute approximate surface area is 159 Å². The van der Waals surface area contributed by atoms with Crippen LogP contribution in [0.5, 0.6) is 0 Å². The van der Waals surface area contributed by atoms with Crippen molar-refractivity contribution in [3.05, 3.63) is 108 Å². The summed E-state index contributed by atoms with van der Waals surface area (Å²) in [4.78, 5) is 0. The first kappa shape index (κ1) is 15.9. The molecule has 3 aromatic carbocycles. The van der Waals surface area contributed by atoms with E-state index in [0.29, 0.717) is 0 Å². The summed E-state index contributed by atoms with van der Waals surface area (Å²) in [6.45, 7) is 2.10. The van der Waals surface area contributed by atoms with Crippen molar-refractivity contribution in [3.63, 3.8) is 0 Å². The van der Waals surface area contributed by atoms with Crippen LogP contribution < -0.4 is 0 Å². The van der Waals surface area contributed by atoms with Gasteiger partial charge in [0.25, 0.3) is 0 Å². The Balaban J connectivity index is 1.54. The minimum absolute atomic E-state index is 0.930. The highest BCUT2D eigenvalue weighted by Crippen LogP contribution is 2.38. The van der Waals surface area contributed by atoms with E-state index in [1.165, 1.54) is 44.5 Å². The van der Waals surface area contributed by atoms with Gasteiger partial charge in [-0.25, -0.2) is 0 Å². The smallest absolute Gasteiger partial charge is 0.133 e. The number of hydrogen-bond donors (Lipinski definition) is 0. The van der Waals surface area contributed by atoms with Crippen LogP contribution in [0.3, 0.4) is 0 Å². The summed E-state index contributed by atoms with van der Waals surface area (Å²) in [5.41, 5.74) is 10.2. The minimum atomic E-state index is 0.930. The summed E-state index contributed by atoms with van der Waals surface area (Å²) in [5, 5.41) is 0. The zero-order chi connectivity index (χ0) is 18.2. The van der Waals surface area contributed by atoms with Crippen LogP contribution in [0, 0.1) is 6.92 Å². The van der Waals surface area contributed by atoms with Gasteiger partial charge in [0.15, 0.2) is 0 Å². The number of benzene rings is 3. The van der Waals surface area contributed by atoms with Crippen molar-refractivity contribution in [2.75, 3.05) is 0 Å². The second-order valence-electron chi connectivity index (χ2n) is 7.10. The highest BCUT2D eigenvalue weighted by molar-refractivity contribution is 5.93. The van der Waals surface area contributed by atoms with Gasteiger partial charge in [0.05, 0.1) is 6.26 Å². The molecule has 1 nitrogen and oxygen atoms in total. The molecule has 0 amide bonds. The molecule has 0 unspecified atom stereocenters. The largest absolute Gasteiger partial charge is 0.464 e. The van der Waals surface area contributed by atoms with Crippen molar-refractivity contribution >= 4 is 11.6 Å². The molecule has 0 spiro atoms. The number of rotatable bonds is 3. The number of allylic oxidation sites excluding steroid dienone is 1. The molecule has 0 bridgehead atoms. The van der Waals surface area contributed by atoms with Crippen molar-refractivity contribution in [1.82, 2.24) is 0 Å². The Hall–Kier alpha value is -3.32. The maximum absolute atomic E-state index is 5.72. The van der Waals surface area contributed by atoms with Crippen molar-refractivity contribution in [3.8, 4) is 22.3 Å². The highest BCUT2D eigenvalue weighted by Gasteiger charge is 2.20. The molecule has 130 valence electrons. The molecule has 0 fully saturated rings. The van der Waals surface area contributed by atoms with Crippen LogP contribution in [0.4, 0.5) is 0 Å². The van der Waals surface area contributed by atoms with Crippen LogP contribution in [-0.2, 0) is 6.42 Å². The Morgan fingerprint density at radius 2 is 1.44 bits per heavy atom. The molecular weight excluding hydrogens is 328 g/mol. The normalized spacial score (nSPS) is 12.7. The lowest BCUT2D eigenvalue weighted by atomic mass is 9.95. The molecule has 1 heterocycles. The Morgan fingerprint density at radius 3 is 2.19 bits per heavy atom. The minimum Gasteiger partial charge on any atom is -0.464 e. The molecule has 0 N–H and O–H groups in total. The molecule has 0 radical (unpaired) electrons. The van der Waals surface area contributed by atoms with Crippen LogP contribution in [0.25, 0.3) is 33.9 Å². The van der Waals surface area contributed by atoms with E-state index < -0.39 is 0 Å². The summed E-state index contributed by atoms with van der Waals surface area (Å²) in [7, 11) is 0. The van der Waals surface area contributed by atoms with Crippen LogP contribution in [0.2, 0.25) is 0 Å². The quantitative estimate of drug-likeness (QED) is 0.388. The molecule has 0 saturated carbocycles. The second-order valence-corrected chi connectivity index (χ2v) is 7.10. The van der Waals surface area contributed by atoms with Crippen molar-refractivity contribution < 1.29 is 4.42 Å². The lowest BCUT2D eigenvalue weighted by Crippen LogP contribution is -1.88. The van der Waals surface area contributed by atoms with E-state index in [-0.39, 0.29) is 0 Å². The zero-order valence-corrected chi connectivity index (χ0v) is 15.3. The lowest BCUT2D eigenvalue weighted by Gasteiger charge is -2.09. The van der Waals surface area contributed by atoms with E-state index in [0.717, 1.165) is 12.2 Å². The summed E-state index contributed by atoms with van der Waals surface area (Å²) in [5.74, 6) is 1.01. The van der Waals surface area contributed by atoms with Gasteiger partial charge < -0.3 is 4.42 Å². The van der Waals surface area contributed by atoms with Gasteiger partial charge in [-0.15, -0.1) is 0 Å². The van der Waals surface area contributed by atoms with Crippen LogP contribution >= 0.6 is 0 Å². The van der Waals surface area contributed by atoms with Gasteiger partial charge in [0.1, 0.15) is 5.76 Å². The van der Waals surface area contributed by atoms with Gasteiger partial charge in [-0.05, 0) is 58.0 Å². The first-order chi connectivity index (χ1) is 13.3. The predicted octanol–water partition coefficient (Wildman–Crippen LogP) is 7.02. The highest BCUT2D eigenvalue weighted by atomic mass is 16.3. The van der Waals surface area contributed by atoms with Crippen molar-refractivity contribution in [2.45, 2.75) is 13.3 Å². The lowest BCUT2D eigenvalue weighted by molar-refractivity contribution is 0.550. The molecule has 27 heavy (non-hydrogen) atoms. The second kappa shape index (κ2) is 6.44. The van der Waals surface area contributed by atoms with Gasteiger partial charge >= 0.3 is 0 Å². The molecule has 0 aliphatic heterocycles. The third-order valence-corrected chi connectivity index (χ3v) is 5.35. The molecule has 1 aromatic heterocycles. The average molecular weight is 348 g/mol. The average Bonchev–Trinajstić information content (AvgIpc) is 3.34. The summed E-state index contributed by atoms with van der Waals surface area (Å²) < 4.78 is 5.72. The van der Waals surface area contributed by atoms with Gasteiger partial charge in [-0.3, -0.25) is 0 Å². The molecule has 1 aliphatic carbocycles. The fraction of sp³-hybridized carbons (Fsp3) is 0.0769. The molecular formula is C26H20O. The van der Waals surface area contributed by atoms with E-state index in [9.17, 15) is 0 Å². The number of furan rings is 1. The van der Waals surface area contributed by atoms with Gasteiger partial charge in [0, 0.05) is 12.0 Å². The van der Waals surface area contributed by atoms with Gasteiger partial charge in [0.2, 0.25) is 0 Å². The van der Waals surface area contributed by atoms with Crippen molar-refractivity contribution in [1.29, 1.82) is 0 Å².